The van der Waals surface area contributed by atoms with Crippen LogP contribution < -0.4 is 5.56 Å². The molecule has 0 saturated heterocycles. The van der Waals surface area contributed by atoms with Crippen LogP contribution in [0.25, 0.3) is 11.3 Å². The van der Waals surface area contributed by atoms with E-state index in [1.54, 1.807) is 12.3 Å². The standard InChI is InChI=1S/C12H7FN4O3S/c1-21-12-15-10(7(5-14)11(18)16-12)6-2-3-8(13)9(4-6)17(19)20/h2-4H,1H3,(H,15,16,18). The molecule has 21 heavy (non-hydrogen) atoms. The molecule has 2 aromatic rings. The molecule has 0 amide bonds. The number of rotatable bonds is 3. The molecule has 1 aromatic heterocycles. The first-order valence-electron chi connectivity index (χ1n) is 5.50. The molecule has 2 rings (SSSR count). The van der Waals surface area contributed by atoms with E-state index in [0.717, 1.165) is 23.9 Å². The van der Waals surface area contributed by atoms with Gasteiger partial charge in [-0.05, 0) is 18.4 Å². The highest BCUT2D eigenvalue weighted by Gasteiger charge is 2.19. The molecule has 0 aliphatic rings. The Labute approximate surface area is 121 Å². The molecular formula is C12H7FN4O3S. The van der Waals surface area contributed by atoms with Crippen LogP contribution in [-0.2, 0) is 0 Å². The number of halogens is 1. The number of hydrogen-bond donors (Lipinski definition) is 1. The van der Waals surface area contributed by atoms with E-state index >= 15 is 0 Å². The van der Waals surface area contributed by atoms with Crippen LogP contribution in [0.2, 0.25) is 0 Å². The fraction of sp³-hybridized carbons (Fsp3) is 0.0833. The van der Waals surface area contributed by atoms with E-state index in [1.165, 1.54) is 6.07 Å². The van der Waals surface area contributed by atoms with Crippen molar-refractivity contribution in [1.82, 2.24) is 9.97 Å². The molecule has 0 unspecified atom stereocenters. The molecular weight excluding hydrogens is 299 g/mol. The van der Waals surface area contributed by atoms with Gasteiger partial charge in [0.1, 0.15) is 11.6 Å². The van der Waals surface area contributed by atoms with Gasteiger partial charge in [-0.15, -0.1) is 0 Å². The van der Waals surface area contributed by atoms with Crippen molar-refractivity contribution in [2.75, 3.05) is 6.26 Å². The molecule has 7 nitrogen and oxygen atoms in total. The lowest BCUT2D eigenvalue weighted by molar-refractivity contribution is -0.387. The quantitative estimate of drug-likeness (QED) is 0.402. The number of H-pyrrole nitrogens is 1. The zero-order chi connectivity index (χ0) is 15.6. The van der Waals surface area contributed by atoms with Crippen LogP contribution in [0.5, 0.6) is 0 Å². The molecule has 106 valence electrons. The molecule has 0 spiro atoms. The highest BCUT2D eigenvalue weighted by molar-refractivity contribution is 7.98. The number of thioether (sulfide) groups is 1. The highest BCUT2D eigenvalue weighted by Crippen LogP contribution is 2.27. The Morgan fingerprint density at radius 1 is 1.52 bits per heavy atom. The first-order valence-corrected chi connectivity index (χ1v) is 6.73. The van der Waals surface area contributed by atoms with E-state index < -0.39 is 22.0 Å². The third-order valence-electron chi connectivity index (χ3n) is 2.62. The third kappa shape index (κ3) is 2.75. The van der Waals surface area contributed by atoms with Crippen LogP contribution >= 0.6 is 11.8 Å². The van der Waals surface area contributed by atoms with Crippen molar-refractivity contribution in [2.45, 2.75) is 5.16 Å². The van der Waals surface area contributed by atoms with Gasteiger partial charge in [0.2, 0.25) is 5.82 Å². The largest absolute Gasteiger partial charge is 0.305 e. The lowest BCUT2D eigenvalue weighted by atomic mass is 10.1. The number of aromatic amines is 1. The maximum absolute atomic E-state index is 13.3. The van der Waals surface area contributed by atoms with Gasteiger partial charge >= 0.3 is 5.69 Å². The molecule has 0 fully saturated rings. The second-order valence-electron chi connectivity index (χ2n) is 3.83. The van der Waals surface area contributed by atoms with Gasteiger partial charge in [-0.25, -0.2) is 4.98 Å². The van der Waals surface area contributed by atoms with Gasteiger partial charge in [-0.2, -0.15) is 9.65 Å². The maximum Gasteiger partial charge on any atom is 0.305 e. The van der Waals surface area contributed by atoms with Crippen molar-refractivity contribution in [3.05, 3.63) is 50.0 Å². The smallest absolute Gasteiger partial charge is 0.300 e. The van der Waals surface area contributed by atoms with Crippen LogP contribution in [0.15, 0.2) is 28.2 Å². The average Bonchev–Trinajstić information content (AvgIpc) is 2.46. The first kappa shape index (κ1) is 14.7. The van der Waals surface area contributed by atoms with Gasteiger partial charge in [0.15, 0.2) is 5.16 Å². The fourth-order valence-electron chi connectivity index (χ4n) is 1.66. The van der Waals surface area contributed by atoms with Gasteiger partial charge in [0.25, 0.3) is 5.56 Å². The van der Waals surface area contributed by atoms with Gasteiger partial charge in [0, 0.05) is 11.6 Å². The van der Waals surface area contributed by atoms with E-state index in [1.807, 2.05) is 0 Å². The SMILES string of the molecule is CSc1nc(-c2ccc(F)c([N+](=O)[O-])c2)c(C#N)c(=O)[nH]1. The monoisotopic (exact) mass is 306 g/mol. The Morgan fingerprint density at radius 3 is 2.81 bits per heavy atom. The second-order valence-corrected chi connectivity index (χ2v) is 4.63. The van der Waals surface area contributed by atoms with Crippen molar-refractivity contribution >= 4 is 17.4 Å². The van der Waals surface area contributed by atoms with E-state index in [9.17, 15) is 19.3 Å². The molecule has 1 N–H and O–H groups in total. The Balaban J connectivity index is 2.75. The van der Waals surface area contributed by atoms with Gasteiger partial charge in [0.05, 0.1) is 10.6 Å². The average molecular weight is 306 g/mol. The predicted molar refractivity (Wildman–Crippen MR) is 73.4 cm³/mol. The first-order chi connectivity index (χ1) is 9.97. The summed E-state index contributed by atoms with van der Waals surface area (Å²) in [5.41, 5.74) is -1.58. The number of nitrogens with zero attached hydrogens (tertiary/aromatic N) is 3. The number of nitrogens with one attached hydrogen (secondary N) is 1. The summed E-state index contributed by atoms with van der Waals surface area (Å²) in [5, 5.41) is 20.0. The summed E-state index contributed by atoms with van der Waals surface area (Å²) in [6.07, 6.45) is 1.67. The van der Waals surface area contributed by atoms with Gasteiger partial charge < -0.3 is 4.98 Å². The molecule has 1 heterocycles. The van der Waals surface area contributed by atoms with Crippen LogP contribution in [0.1, 0.15) is 5.56 Å². The van der Waals surface area contributed by atoms with Crippen molar-refractivity contribution in [1.29, 1.82) is 5.26 Å². The van der Waals surface area contributed by atoms with Gasteiger partial charge in [-0.3, -0.25) is 14.9 Å². The fourth-order valence-corrected chi connectivity index (χ4v) is 2.04. The number of nitriles is 1. The Kier molecular flexibility index (Phi) is 4.00. The molecule has 9 heteroatoms. The summed E-state index contributed by atoms with van der Waals surface area (Å²) in [6.45, 7) is 0. The zero-order valence-electron chi connectivity index (χ0n) is 10.6. The van der Waals surface area contributed by atoms with Crippen LogP contribution in [0.4, 0.5) is 10.1 Å². The summed E-state index contributed by atoms with van der Waals surface area (Å²) < 4.78 is 13.3. The van der Waals surface area contributed by atoms with Crippen molar-refractivity contribution in [3.8, 4) is 17.3 Å². The third-order valence-corrected chi connectivity index (χ3v) is 3.20. The van der Waals surface area contributed by atoms with Crippen LogP contribution in [0.3, 0.4) is 0 Å². The Morgan fingerprint density at radius 2 is 2.24 bits per heavy atom. The summed E-state index contributed by atoms with van der Waals surface area (Å²) in [7, 11) is 0. The van der Waals surface area contributed by atoms with Crippen molar-refractivity contribution in [3.63, 3.8) is 0 Å². The lowest BCUT2D eigenvalue weighted by Gasteiger charge is -2.05. The lowest BCUT2D eigenvalue weighted by Crippen LogP contribution is -2.14. The number of aromatic nitrogens is 2. The number of benzene rings is 1. The Hall–Kier alpha value is -2.73. The molecule has 0 aliphatic carbocycles. The molecule has 0 atom stereocenters. The summed E-state index contributed by atoms with van der Waals surface area (Å²) in [4.78, 5) is 28.1. The summed E-state index contributed by atoms with van der Waals surface area (Å²) in [6, 6.07) is 4.77. The normalized spacial score (nSPS) is 10.1. The summed E-state index contributed by atoms with van der Waals surface area (Å²) >= 11 is 1.14. The minimum Gasteiger partial charge on any atom is -0.300 e. The molecule has 0 bridgehead atoms. The van der Waals surface area contributed by atoms with Gasteiger partial charge in [-0.1, -0.05) is 11.8 Å². The minimum atomic E-state index is -1.00. The Bertz CT molecular complexity index is 828. The van der Waals surface area contributed by atoms with E-state index in [2.05, 4.69) is 9.97 Å². The van der Waals surface area contributed by atoms with Crippen LogP contribution in [-0.4, -0.2) is 21.1 Å². The highest BCUT2D eigenvalue weighted by atomic mass is 32.2. The van der Waals surface area contributed by atoms with Crippen LogP contribution in [0, 0.1) is 27.3 Å². The second kappa shape index (κ2) is 5.72. The van der Waals surface area contributed by atoms with E-state index in [0.29, 0.717) is 0 Å². The molecule has 1 aromatic carbocycles. The number of nitro benzene ring substituents is 1. The van der Waals surface area contributed by atoms with Crippen molar-refractivity contribution in [2.24, 2.45) is 0 Å². The van der Waals surface area contributed by atoms with Crippen molar-refractivity contribution < 1.29 is 9.31 Å². The molecule has 0 aliphatic heterocycles. The van der Waals surface area contributed by atoms with E-state index in [4.69, 9.17) is 5.26 Å². The zero-order valence-corrected chi connectivity index (χ0v) is 11.4. The topological polar surface area (TPSA) is 113 Å². The predicted octanol–water partition coefficient (Wildman–Crippen LogP) is 2.08. The number of hydrogen-bond acceptors (Lipinski definition) is 6. The minimum absolute atomic E-state index is 0.0197. The number of nitro groups is 1. The summed E-state index contributed by atoms with van der Waals surface area (Å²) in [5.74, 6) is -1.00. The molecule has 0 saturated carbocycles. The maximum atomic E-state index is 13.3. The van der Waals surface area contributed by atoms with E-state index in [-0.39, 0.29) is 22.0 Å². The molecule has 0 radical (unpaired) electrons.